The van der Waals surface area contributed by atoms with Crippen molar-refractivity contribution in [1.82, 2.24) is 0 Å². The van der Waals surface area contributed by atoms with Crippen molar-refractivity contribution >= 4 is 56.5 Å². The van der Waals surface area contributed by atoms with Crippen molar-refractivity contribution in [3.8, 4) is 11.5 Å². The van der Waals surface area contributed by atoms with Crippen LogP contribution in [0.4, 0.5) is 0 Å². The Morgan fingerprint density at radius 1 is 0.759 bits per heavy atom. The zero-order chi connectivity index (χ0) is 21.6. The van der Waals surface area contributed by atoms with E-state index in [1.165, 1.54) is 54.6 Å². The highest BCUT2D eigenvalue weighted by Gasteiger charge is 2.52. The van der Waals surface area contributed by atoms with Crippen molar-refractivity contribution in [3.05, 3.63) is 91.4 Å². The molecule has 0 amide bonds. The lowest BCUT2D eigenvalue weighted by molar-refractivity contribution is 0.428. The number of halogens is 4. The molecule has 0 bridgehead atoms. The first-order valence-corrected chi connectivity index (χ1v) is 10.9. The number of rotatable bonds is 4. The second-order valence-electron chi connectivity index (χ2n) is 6.06. The molecule has 1 unspecified atom stereocenters. The zero-order valence-electron chi connectivity index (χ0n) is 14.3. The quantitative estimate of drug-likeness (QED) is 0.311. The Labute approximate surface area is 186 Å². The molecule has 0 radical (unpaired) electrons. The van der Waals surface area contributed by atoms with Gasteiger partial charge in [-0.25, -0.2) is 0 Å². The van der Waals surface area contributed by atoms with Crippen LogP contribution in [0.5, 0.6) is 11.5 Å². The van der Waals surface area contributed by atoms with Crippen molar-refractivity contribution in [2.75, 3.05) is 0 Å². The van der Waals surface area contributed by atoms with Crippen LogP contribution in [0.2, 0.25) is 20.1 Å². The summed E-state index contributed by atoms with van der Waals surface area (Å²) in [5.74, 6) is -1.31. The molecule has 152 valence electrons. The molecule has 0 aromatic heterocycles. The Morgan fingerprint density at radius 3 is 2.00 bits per heavy atom. The molecular formula is C19H12Cl4O5S. The normalized spacial score (nSPS) is 13.8. The Bertz CT molecular complexity index is 1210. The van der Waals surface area contributed by atoms with E-state index in [1.54, 1.807) is 0 Å². The van der Waals surface area contributed by atoms with Crippen molar-refractivity contribution in [3.63, 3.8) is 0 Å². The molecule has 29 heavy (non-hydrogen) atoms. The van der Waals surface area contributed by atoms with Crippen LogP contribution in [-0.2, 0) is 14.9 Å². The van der Waals surface area contributed by atoms with Gasteiger partial charge in [0.2, 0.25) is 0 Å². The fraction of sp³-hybridized carbons (Fsp3) is 0.0526. The van der Waals surface area contributed by atoms with Crippen LogP contribution in [0.15, 0.2) is 54.6 Å². The number of benzene rings is 3. The van der Waals surface area contributed by atoms with E-state index in [0.29, 0.717) is 0 Å². The second kappa shape index (κ2) is 7.87. The van der Waals surface area contributed by atoms with E-state index in [9.17, 15) is 23.2 Å². The summed E-state index contributed by atoms with van der Waals surface area (Å²) in [5.41, 5.74) is -0.739. The highest BCUT2D eigenvalue weighted by molar-refractivity contribution is 7.87. The predicted octanol–water partition coefficient (Wildman–Crippen LogP) is 5.89. The lowest BCUT2D eigenvalue weighted by Crippen LogP contribution is -2.38. The van der Waals surface area contributed by atoms with E-state index >= 15 is 0 Å². The molecular weight excluding hydrogens is 482 g/mol. The minimum Gasteiger partial charge on any atom is -0.506 e. The van der Waals surface area contributed by atoms with Crippen LogP contribution in [0, 0.1) is 0 Å². The van der Waals surface area contributed by atoms with Crippen molar-refractivity contribution in [2.45, 2.75) is 4.75 Å². The van der Waals surface area contributed by atoms with Gasteiger partial charge in [0.25, 0.3) is 10.1 Å². The summed E-state index contributed by atoms with van der Waals surface area (Å²) in [6, 6.07) is 12.0. The third kappa shape index (κ3) is 3.54. The van der Waals surface area contributed by atoms with Gasteiger partial charge in [-0.05, 0) is 29.8 Å². The molecule has 0 aliphatic rings. The molecule has 3 aromatic carbocycles. The molecule has 0 saturated carbocycles. The van der Waals surface area contributed by atoms with Gasteiger partial charge in [-0.1, -0.05) is 76.7 Å². The number of hydrogen-bond donors (Lipinski definition) is 3. The summed E-state index contributed by atoms with van der Waals surface area (Å²) in [6.07, 6.45) is 0. The average molecular weight is 494 g/mol. The summed E-state index contributed by atoms with van der Waals surface area (Å²) < 4.78 is 33.8. The van der Waals surface area contributed by atoms with E-state index in [2.05, 4.69) is 0 Å². The van der Waals surface area contributed by atoms with Gasteiger partial charge in [-0.15, -0.1) is 0 Å². The maximum atomic E-state index is 12.9. The maximum Gasteiger partial charge on any atom is 0.283 e. The number of aromatic hydroxyl groups is 2. The fourth-order valence-corrected chi connectivity index (χ4v) is 5.21. The fourth-order valence-electron chi connectivity index (χ4n) is 3.21. The van der Waals surface area contributed by atoms with Gasteiger partial charge in [-0.2, -0.15) is 8.42 Å². The summed E-state index contributed by atoms with van der Waals surface area (Å²) in [5, 5.41) is 20.9. The first kappa shape index (κ1) is 22.0. The molecule has 3 rings (SSSR count). The molecule has 5 nitrogen and oxygen atoms in total. The molecule has 0 heterocycles. The second-order valence-corrected chi connectivity index (χ2v) is 9.25. The van der Waals surface area contributed by atoms with E-state index in [1.807, 2.05) is 0 Å². The summed E-state index contributed by atoms with van der Waals surface area (Å²) in [6.45, 7) is 0. The smallest absolute Gasteiger partial charge is 0.283 e. The van der Waals surface area contributed by atoms with Gasteiger partial charge < -0.3 is 10.2 Å². The Hall–Kier alpha value is -1.67. The summed E-state index contributed by atoms with van der Waals surface area (Å²) in [7, 11) is -5.13. The van der Waals surface area contributed by atoms with Crippen LogP contribution in [0.25, 0.3) is 0 Å². The minimum atomic E-state index is -5.13. The minimum absolute atomic E-state index is 0.0430. The van der Waals surface area contributed by atoms with E-state index in [0.717, 1.165) is 0 Å². The highest BCUT2D eigenvalue weighted by Crippen LogP contribution is 2.53. The third-order valence-electron chi connectivity index (χ3n) is 4.43. The standard InChI is InChI=1S/C19H12Cl4O5S/c20-11-4-1-3-10(9-11)19(29(26,27)28,12-5-2-6-15(22)17(12)24)13-7-8-14(21)16(23)18(13)25/h1-9,24-25H,(H,26,27,28). The molecule has 0 saturated heterocycles. The van der Waals surface area contributed by atoms with Gasteiger partial charge >= 0.3 is 0 Å². The molecule has 3 aromatic rings. The number of hydrogen-bond acceptors (Lipinski definition) is 4. The first-order chi connectivity index (χ1) is 13.5. The highest BCUT2D eigenvalue weighted by atomic mass is 35.5. The number of phenolic OH excluding ortho intramolecular Hbond substituents is 2. The molecule has 0 aliphatic carbocycles. The molecule has 1 atom stereocenters. The monoisotopic (exact) mass is 492 g/mol. The van der Waals surface area contributed by atoms with Crippen LogP contribution >= 0.6 is 46.4 Å². The number of phenols is 2. The molecule has 3 N–H and O–H groups in total. The van der Waals surface area contributed by atoms with Gasteiger partial charge in [0, 0.05) is 16.1 Å². The predicted molar refractivity (Wildman–Crippen MR) is 114 cm³/mol. The van der Waals surface area contributed by atoms with Crippen molar-refractivity contribution < 1.29 is 23.2 Å². The first-order valence-electron chi connectivity index (χ1n) is 7.90. The Morgan fingerprint density at radius 2 is 1.38 bits per heavy atom. The van der Waals surface area contributed by atoms with E-state index in [4.69, 9.17) is 46.4 Å². The topological polar surface area (TPSA) is 94.8 Å². The van der Waals surface area contributed by atoms with E-state index < -0.39 is 26.4 Å². The van der Waals surface area contributed by atoms with Crippen LogP contribution in [0.1, 0.15) is 16.7 Å². The van der Waals surface area contributed by atoms with Gasteiger partial charge in [-0.3, -0.25) is 4.55 Å². The molecule has 10 heteroatoms. The maximum absolute atomic E-state index is 12.9. The molecule has 0 fully saturated rings. The van der Waals surface area contributed by atoms with Gasteiger partial charge in [0.1, 0.15) is 16.5 Å². The lowest BCUT2D eigenvalue weighted by atomic mass is 9.83. The van der Waals surface area contributed by atoms with E-state index in [-0.39, 0.29) is 36.8 Å². The lowest BCUT2D eigenvalue weighted by Gasteiger charge is -2.33. The van der Waals surface area contributed by atoms with Gasteiger partial charge in [0.15, 0.2) is 4.75 Å². The Kier molecular flexibility index (Phi) is 5.98. The largest absolute Gasteiger partial charge is 0.506 e. The van der Waals surface area contributed by atoms with Crippen LogP contribution < -0.4 is 0 Å². The van der Waals surface area contributed by atoms with Crippen LogP contribution in [-0.4, -0.2) is 23.2 Å². The molecule has 0 aliphatic heterocycles. The number of para-hydroxylation sites is 1. The summed E-state index contributed by atoms with van der Waals surface area (Å²) in [4.78, 5) is 0. The molecule has 0 spiro atoms. The summed E-state index contributed by atoms with van der Waals surface area (Å²) >= 11 is 24.1. The third-order valence-corrected chi connectivity index (χ3v) is 7.22. The average Bonchev–Trinajstić information content (AvgIpc) is 2.64. The Balaban J connectivity index is 2.63. The zero-order valence-corrected chi connectivity index (χ0v) is 18.1. The van der Waals surface area contributed by atoms with Gasteiger partial charge in [0.05, 0.1) is 10.0 Å². The van der Waals surface area contributed by atoms with Crippen LogP contribution in [0.3, 0.4) is 0 Å². The van der Waals surface area contributed by atoms with Crippen molar-refractivity contribution in [2.24, 2.45) is 0 Å². The SMILES string of the molecule is O=S(=O)(O)C(c1cccc(Cl)c1)(c1cccc(Cl)c1O)c1ccc(Cl)c(Cl)c1O. The van der Waals surface area contributed by atoms with Crippen molar-refractivity contribution in [1.29, 1.82) is 0 Å².